The number of benzene rings is 2. The number of aromatic nitrogens is 1. The van der Waals surface area contributed by atoms with Crippen LogP contribution in [-0.2, 0) is 13.1 Å². The highest BCUT2D eigenvalue weighted by atomic mass is 16.5. The molecular weight excluding hydrogens is 362 g/mol. The fourth-order valence-corrected chi connectivity index (χ4v) is 4.28. The van der Waals surface area contributed by atoms with Gasteiger partial charge in [0.1, 0.15) is 5.75 Å². The Bertz CT molecular complexity index is 873. The Labute approximate surface area is 172 Å². The molecule has 1 aliphatic heterocycles. The van der Waals surface area contributed by atoms with E-state index in [9.17, 15) is 5.11 Å². The van der Waals surface area contributed by atoms with Crippen molar-refractivity contribution in [1.29, 1.82) is 0 Å². The van der Waals surface area contributed by atoms with Crippen LogP contribution in [0.15, 0.2) is 54.6 Å². The van der Waals surface area contributed by atoms with Crippen molar-refractivity contribution in [3.05, 3.63) is 65.9 Å². The molecule has 2 heterocycles. The highest BCUT2D eigenvalue weighted by Gasteiger charge is 2.27. The van der Waals surface area contributed by atoms with E-state index < -0.39 is 0 Å². The summed E-state index contributed by atoms with van der Waals surface area (Å²) in [5.41, 5.74) is 3.75. The van der Waals surface area contributed by atoms with Crippen LogP contribution in [0.25, 0.3) is 10.9 Å². The van der Waals surface area contributed by atoms with E-state index in [0.717, 1.165) is 44.9 Å². The lowest BCUT2D eigenvalue weighted by molar-refractivity contribution is 0.0495. The zero-order valence-corrected chi connectivity index (χ0v) is 17.2. The van der Waals surface area contributed by atoms with Crippen LogP contribution in [0.3, 0.4) is 0 Å². The average molecular weight is 394 g/mol. The molecular formula is C24H31N3O2. The fraction of sp³-hybridized carbons (Fsp3) is 0.417. The van der Waals surface area contributed by atoms with Gasteiger partial charge in [-0.3, -0.25) is 9.80 Å². The number of aromatic amines is 1. The first kappa shape index (κ1) is 20.0. The molecule has 0 saturated carbocycles. The topological polar surface area (TPSA) is 51.7 Å². The van der Waals surface area contributed by atoms with E-state index in [0.29, 0.717) is 12.6 Å². The Kier molecular flexibility index (Phi) is 6.49. The standard InChI is InChI=1S/C24H31N3O2/c1-2-29-23-9-7-19(8-10-23)16-27-13-12-26(18-22(27)11-14-28)17-21-15-20-5-3-4-6-24(20)25-21/h3-10,15,22,25,28H,2,11-14,16-18H2,1H3/t22-/m0/s1. The lowest BCUT2D eigenvalue weighted by Crippen LogP contribution is -2.52. The molecule has 29 heavy (non-hydrogen) atoms. The largest absolute Gasteiger partial charge is 0.494 e. The first-order valence-electron chi connectivity index (χ1n) is 10.6. The van der Waals surface area contributed by atoms with E-state index in [1.807, 2.05) is 19.1 Å². The number of nitrogens with one attached hydrogen (secondary N) is 1. The maximum Gasteiger partial charge on any atom is 0.119 e. The predicted octanol–water partition coefficient (Wildman–Crippen LogP) is 3.64. The Hall–Kier alpha value is -2.34. The molecule has 1 aliphatic rings. The second-order valence-corrected chi connectivity index (χ2v) is 7.83. The molecule has 0 spiro atoms. The van der Waals surface area contributed by atoms with Gasteiger partial charge in [-0.15, -0.1) is 0 Å². The molecule has 1 saturated heterocycles. The van der Waals surface area contributed by atoms with E-state index in [-0.39, 0.29) is 6.61 Å². The number of para-hydroxylation sites is 1. The number of fused-ring (bicyclic) bond motifs is 1. The molecule has 1 atom stereocenters. The Balaban J connectivity index is 1.38. The quantitative estimate of drug-likeness (QED) is 0.614. The number of hydrogen-bond acceptors (Lipinski definition) is 4. The van der Waals surface area contributed by atoms with Crippen LogP contribution < -0.4 is 4.74 Å². The normalized spacial score (nSPS) is 18.3. The number of aliphatic hydroxyl groups excluding tert-OH is 1. The van der Waals surface area contributed by atoms with Crippen molar-refractivity contribution in [2.45, 2.75) is 32.5 Å². The maximum atomic E-state index is 9.60. The molecule has 4 rings (SSSR count). The van der Waals surface area contributed by atoms with Crippen LogP contribution in [0, 0.1) is 0 Å². The third-order valence-corrected chi connectivity index (χ3v) is 5.75. The molecule has 5 nitrogen and oxygen atoms in total. The molecule has 0 radical (unpaired) electrons. The van der Waals surface area contributed by atoms with Crippen LogP contribution in [0.2, 0.25) is 0 Å². The summed E-state index contributed by atoms with van der Waals surface area (Å²) >= 11 is 0. The van der Waals surface area contributed by atoms with Gasteiger partial charge in [0.2, 0.25) is 0 Å². The van der Waals surface area contributed by atoms with Crippen molar-refractivity contribution < 1.29 is 9.84 Å². The fourth-order valence-electron chi connectivity index (χ4n) is 4.28. The number of nitrogens with zero attached hydrogens (tertiary/aromatic N) is 2. The van der Waals surface area contributed by atoms with Gasteiger partial charge in [-0.25, -0.2) is 0 Å². The van der Waals surface area contributed by atoms with Gasteiger partial charge in [0, 0.05) is 56.6 Å². The van der Waals surface area contributed by atoms with E-state index in [4.69, 9.17) is 4.74 Å². The molecule has 0 amide bonds. The minimum atomic E-state index is 0.227. The number of ether oxygens (including phenoxy) is 1. The summed E-state index contributed by atoms with van der Waals surface area (Å²) < 4.78 is 5.55. The van der Waals surface area contributed by atoms with Gasteiger partial charge in [0.05, 0.1) is 6.61 Å². The van der Waals surface area contributed by atoms with Gasteiger partial charge >= 0.3 is 0 Å². The number of piperazine rings is 1. The minimum Gasteiger partial charge on any atom is -0.494 e. The van der Waals surface area contributed by atoms with Crippen molar-refractivity contribution in [3.8, 4) is 5.75 Å². The molecule has 2 aromatic carbocycles. The Morgan fingerprint density at radius 2 is 1.90 bits per heavy atom. The second kappa shape index (κ2) is 9.44. The van der Waals surface area contributed by atoms with Crippen molar-refractivity contribution in [3.63, 3.8) is 0 Å². The van der Waals surface area contributed by atoms with Crippen LogP contribution in [0.1, 0.15) is 24.6 Å². The van der Waals surface area contributed by atoms with Crippen LogP contribution >= 0.6 is 0 Å². The molecule has 154 valence electrons. The highest BCUT2D eigenvalue weighted by Crippen LogP contribution is 2.21. The minimum absolute atomic E-state index is 0.227. The molecule has 3 aromatic rings. The summed E-state index contributed by atoms with van der Waals surface area (Å²) in [5, 5.41) is 10.9. The smallest absolute Gasteiger partial charge is 0.119 e. The zero-order chi connectivity index (χ0) is 20.1. The average Bonchev–Trinajstić information content (AvgIpc) is 3.14. The van der Waals surface area contributed by atoms with Crippen LogP contribution in [-0.4, -0.2) is 58.8 Å². The molecule has 0 bridgehead atoms. The lowest BCUT2D eigenvalue weighted by Gasteiger charge is -2.41. The van der Waals surface area contributed by atoms with E-state index in [1.54, 1.807) is 0 Å². The predicted molar refractivity (Wildman–Crippen MR) is 117 cm³/mol. The molecule has 5 heteroatoms. The summed E-state index contributed by atoms with van der Waals surface area (Å²) in [5.74, 6) is 0.923. The zero-order valence-electron chi connectivity index (χ0n) is 17.2. The highest BCUT2D eigenvalue weighted by molar-refractivity contribution is 5.80. The van der Waals surface area contributed by atoms with E-state index in [2.05, 4.69) is 57.2 Å². The van der Waals surface area contributed by atoms with Gasteiger partial charge in [0.25, 0.3) is 0 Å². The van der Waals surface area contributed by atoms with Crippen molar-refractivity contribution in [2.75, 3.05) is 32.8 Å². The lowest BCUT2D eigenvalue weighted by atomic mass is 10.1. The molecule has 0 aliphatic carbocycles. The van der Waals surface area contributed by atoms with Gasteiger partial charge in [-0.05, 0) is 48.6 Å². The number of aliphatic hydroxyl groups is 1. The summed E-state index contributed by atoms with van der Waals surface area (Å²) in [4.78, 5) is 8.55. The Morgan fingerprint density at radius 1 is 1.07 bits per heavy atom. The van der Waals surface area contributed by atoms with E-state index in [1.165, 1.54) is 22.2 Å². The SMILES string of the molecule is CCOc1ccc(CN2CCN(Cc3cc4ccccc4[nH]3)C[C@@H]2CCO)cc1. The van der Waals surface area contributed by atoms with Crippen molar-refractivity contribution in [2.24, 2.45) is 0 Å². The monoisotopic (exact) mass is 393 g/mol. The Morgan fingerprint density at radius 3 is 2.66 bits per heavy atom. The number of H-pyrrole nitrogens is 1. The van der Waals surface area contributed by atoms with Gasteiger partial charge in [-0.1, -0.05) is 30.3 Å². The van der Waals surface area contributed by atoms with Gasteiger partial charge in [0.15, 0.2) is 0 Å². The molecule has 0 unspecified atom stereocenters. The van der Waals surface area contributed by atoms with Crippen molar-refractivity contribution in [1.82, 2.24) is 14.8 Å². The third kappa shape index (κ3) is 4.99. The van der Waals surface area contributed by atoms with Crippen LogP contribution in [0.5, 0.6) is 5.75 Å². The molecule has 2 N–H and O–H groups in total. The number of hydrogen-bond donors (Lipinski definition) is 2. The maximum absolute atomic E-state index is 9.60. The number of rotatable bonds is 8. The molecule has 1 fully saturated rings. The summed E-state index contributed by atoms with van der Waals surface area (Å²) in [6.07, 6.45) is 0.806. The van der Waals surface area contributed by atoms with Gasteiger partial charge in [-0.2, -0.15) is 0 Å². The second-order valence-electron chi connectivity index (χ2n) is 7.83. The first-order valence-corrected chi connectivity index (χ1v) is 10.6. The summed E-state index contributed by atoms with van der Waals surface area (Å²) in [7, 11) is 0. The van der Waals surface area contributed by atoms with Gasteiger partial charge < -0.3 is 14.8 Å². The summed E-state index contributed by atoms with van der Waals surface area (Å²) in [6.45, 7) is 7.79. The third-order valence-electron chi connectivity index (χ3n) is 5.75. The van der Waals surface area contributed by atoms with Crippen molar-refractivity contribution >= 4 is 10.9 Å². The summed E-state index contributed by atoms with van der Waals surface area (Å²) in [6, 6.07) is 19.4. The van der Waals surface area contributed by atoms with Crippen LogP contribution in [0.4, 0.5) is 0 Å². The first-order chi connectivity index (χ1) is 14.2. The molecule has 1 aromatic heterocycles. The van der Waals surface area contributed by atoms with E-state index >= 15 is 0 Å².